The van der Waals surface area contributed by atoms with Gasteiger partial charge in [0.1, 0.15) is 11.5 Å². The second kappa shape index (κ2) is 13.8. The molecule has 0 unspecified atom stereocenters. The predicted molar refractivity (Wildman–Crippen MR) is 144 cm³/mol. The standard InChI is InChI=1S/C28H36N4O6/c1-2-37-24-8-4-22(5-9-24)30-26(33)20-38-25-10-6-23(7-11-25)32-19-21(18-27(32)34)28(35)29-12-3-13-31-14-16-36-17-15-31/h4-11,21H,2-3,12-20H2,1H3,(H,29,35)(H,30,33)/t21-/m1/s1. The molecule has 2 aliphatic rings. The van der Waals surface area contributed by atoms with E-state index in [1.165, 1.54) is 0 Å². The predicted octanol–water partition coefficient (Wildman–Crippen LogP) is 2.29. The van der Waals surface area contributed by atoms with E-state index in [9.17, 15) is 14.4 Å². The minimum absolute atomic E-state index is 0.0816. The fourth-order valence-corrected chi connectivity index (χ4v) is 4.49. The second-order valence-electron chi connectivity index (χ2n) is 9.29. The van der Waals surface area contributed by atoms with Crippen LogP contribution in [-0.4, -0.2) is 81.8 Å². The molecule has 2 N–H and O–H groups in total. The molecule has 0 aliphatic carbocycles. The van der Waals surface area contributed by atoms with Crippen molar-refractivity contribution in [3.8, 4) is 11.5 Å². The highest BCUT2D eigenvalue weighted by atomic mass is 16.5. The number of rotatable bonds is 12. The highest BCUT2D eigenvalue weighted by Gasteiger charge is 2.35. The summed E-state index contributed by atoms with van der Waals surface area (Å²) in [7, 11) is 0. The lowest BCUT2D eigenvalue weighted by Crippen LogP contribution is -2.39. The van der Waals surface area contributed by atoms with Crippen molar-refractivity contribution in [1.82, 2.24) is 10.2 Å². The Morgan fingerprint density at radius 2 is 1.68 bits per heavy atom. The lowest BCUT2D eigenvalue weighted by atomic mass is 10.1. The first kappa shape index (κ1) is 27.4. The average molecular weight is 525 g/mol. The molecule has 2 heterocycles. The number of morpholine rings is 1. The summed E-state index contributed by atoms with van der Waals surface area (Å²) in [5.41, 5.74) is 1.35. The van der Waals surface area contributed by atoms with Gasteiger partial charge >= 0.3 is 0 Å². The van der Waals surface area contributed by atoms with Gasteiger partial charge < -0.3 is 29.7 Å². The minimum atomic E-state index is -0.367. The molecule has 10 nitrogen and oxygen atoms in total. The first-order valence-electron chi connectivity index (χ1n) is 13.2. The van der Waals surface area contributed by atoms with E-state index >= 15 is 0 Å². The van der Waals surface area contributed by atoms with Gasteiger partial charge in [0.05, 0.1) is 25.7 Å². The SMILES string of the molecule is CCOc1ccc(NC(=O)COc2ccc(N3C[C@H](C(=O)NCCCN4CCOCC4)CC3=O)cc2)cc1. The summed E-state index contributed by atoms with van der Waals surface area (Å²) < 4.78 is 16.3. The molecule has 2 aliphatic heterocycles. The number of amides is 3. The van der Waals surface area contributed by atoms with Gasteiger partial charge in [-0.1, -0.05) is 0 Å². The van der Waals surface area contributed by atoms with E-state index < -0.39 is 0 Å². The van der Waals surface area contributed by atoms with Crippen LogP contribution in [0.4, 0.5) is 11.4 Å². The number of benzene rings is 2. The zero-order valence-corrected chi connectivity index (χ0v) is 21.8. The summed E-state index contributed by atoms with van der Waals surface area (Å²) in [6.07, 6.45) is 1.06. The number of hydrogen-bond donors (Lipinski definition) is 2. The molecule has 4 rings (SSSR count). The van der Waals surface area contributed by atoms with Crippen LogP contribution >= 0.6 is 0 Å². The highest BCUT2D eigenvalue weighted by molar-refractivity contribution is 6.00. The van der Waals surface area contributed by atoms with Crippen molar-refractivity contribution >= 4 is 29.1 Å². The van der Waals surface area contributed by atoms with Crippen molar-refractivity contribution in [2.24, 2.45) is 5.92 Å². The first-order valence-corrected chi connectivity index (χ1v) is 13.2. The molecule has 1 atom stereocenters. The number of nitrogens with one attached hydrogen (secondary N) is 2. The Kier molecular flexibility index (Phi) is 9.94. The van der Waals surface area contributed by atoms with Crippen LogP contribution in [0.15, 0.2) is 48.5 Å². The maximum absolute atomic E-state index is 12.6. The summed E-state index contributed by atoms with van der Waals surface area (Å²) in [6.45, 7) is 7.60. The Morgan fingerprint density at radius 1 is 1.00 bits per heavy atom. The molecule has 204 valence electrons. The zero-order chi connectivity index (χ0) is 26.7. The topological polar surface area (TPSA) is 109 Å². The van der Waals surface area contributed by atoms with Crippen LogP contribution in [0.2, 0.25) is 0 Å². The number of carbonyl (C=O) groups excluding carboxylic acids is 3. The number of carbonyl (C=O) groups is 3. The molecular formula is C28H36N4O6. The molecule has 10 heteroatoms. The van der Waals surface area contributed by atoms with Gasteiger partial charge in [0.2, 0.25) is 11.8 Å². The largest absolute Gasteiger partial charge is 0.494 e. The molecule has 0 spiro atoms. The minimum Gasteiger partial charge on any atom is -0.494 e. The number of nitrogens with zero attached hydrogens (tertiary/aromatic N) is 2. The Balaban J connectivity index is 1.18. The molecule has 2 saturated heterocycles. The molecule has 2 aromatic rings. The third-order valence-corrected chi connectivity index (χ3v) is 6.52. The molecule has 0 radical (unpaired) electrons. The Bertz CT molecular complexity index is 1070. The molecule has 0 aromatic heterocycles. The number of ether oxygens (including phenoxy) is 3. The molecule has 3 amide bonds. The van der Waals surface area contributed by atoms with Crippen molar-refractivity contribution in [2.75, 3.05) is 69.4 Å². The van der Waals surface area contributed by atoms with Gasteiger partial charge in [-0.2, -0.15) is 0 Å². The maximum Gasteiger partial charge on any atom is 0.262 e. The molecule has 0 bridgehead atoms. The third-order valence-electron chi connectivity index (χ3n) is 6.52. The van der Waals surface area contributed by atoms with Crippen LogP contribution < -0.4 is 25.0 Å². The van der Waals surface area contributed by atoms with Gasteiger partial charge in [-0.25, -0.2) is 0 Å². The van der Waals surface area contributed by atoms with E-state index in [0.29, 0.717) is 36.8 Å². The average Bonchev–Trinajstić information content (AvgIpc) is 3.33. The van der Waals surface area contributed by atoms with Crippen molar-refractivity contribution < 1.29 is 28.6 Å². The summed E-state index contributed by atoms with van der Waals surface area (Å²) in [5.74, 6) is 0.435. The lowest BCUT2D eigenvalue weighted by Gasteiger charge is -2.26. The Labute approximate surface area is 223 Å². The Morgan fingerprint density at radius 3 is 2.39 bits per heavy atom. The van der Waals surface area contributed by atoms with E-state index in [1.54, 1.807) is 53.4 Å². The second-order valence-corrected chi connectivity index (χ2v) is 9.29. The lowest BCUT2D eigenvalue weighted by molar-refractivity contribution is -0.126. The van der Waals surface area contributed by atoms with Gasteiger partial charge in [-0.15, -0.1) is 0 Å². The van der Waals surface area contributed by atoms with Gasteiger partial charge in [0, 0.05) is 44.0 Å². The molecular weight excluding hydrogens is 488 g/mol. The van der Waals surface area contributed by atoms with Crippen LogP contribution in [0.25, 0.3) is 0 Å². The summed E-state index contributed by atoms with van der Waals surface area (Å²) in [4.78, 5) is 41.4. The van der Waals surface area contributed by atoms with Gasteiger partial charge in [-0.3, -0.25) is 19.3 Å². The highest BCUT2D eigenvalue weighted by Crippen LogP contribution is 2.27. The van der Waals surface area contributed by atoms with Crippen molar-refractivity contribution in [3.63, 3.8) is 0 Å². The van der Waals surface area contributed by atoms with Crippen LogP contribution in [-0.2, 0) is 19.1 Å². The third kappa shape index (κ3) is 7.93. The monoisotopic (exact) mass is 524 g/mol. The summed E-state index contributed by atoms with van der Waals surface area (Å²) in [6, 6.07) is 14.1. The fourth-order valence-electron chi connectivity index (χ4n) is 4.49. The van der Waals surface area contributed by atoms with E-state index in [-0.39, 0.29) is 36.7 Å². The van der Waals surface area contributed by atoms with Gasteiger partial charge in [0.15, 0.2) is 6.61 Å². The van der Waals surface area contributed by atoms with E-state index in [1.807, 2.05) is 6.92 Å². The van der Waals surface area contributed by atoms with Crippen LogP contribution in [0.1, 0.15) is 19.8 Å². The maximum atomic E-state index is 12.6. The number of hydrogen-bond acceptors (Lipinski definition) is 7. The molecule has 2 fully saturated rings. The first-order chi connectivity index (χ1) is 18.5. The van der Waals surface area contributed by atoms with E-state index in [2.05, 4.69) is 15.5 Å². The summed E-state index contributed by atoms with van der Waals surface area (Å²) in [5, 5.41) is 5.75. The molecule has 2 aromatic carbocycles. The van der Waals surface area contributed by atoms with E-state index in [4.69, 9.17) is 14.2 Å². The molecule has 38 heavy (non-hydrogen) atoms. The normalized spacial score (nSPS) is 17.8. The van der Waals surface area contributed by atoms with E-state index in [0.717, 1.165) is 45.0 Å². The summed E-state index contributed by atoms with van der Waals surface area (Å²) >= 11 is 0. The smallest absolute Gasteiger partial charge is 0.262 e. The van der Waals surface area contributed by atoms with Crippen molar-refractivity contribution in [2.45, 2.75) is 19.8 Å². The van der Waals surface area contributed by atoms with Crippen LogP contribution in [0, 0.1) is 5.92 Å². The van der Waals surface area contributed by atoms with Crippen molar-refractivity contribution in [1.29, 1.82) is 0 Å². The Hall–Kier alpha value is -3.63. The van der Waals surface area contributed by atoms with Crippen molar-refractivity contribution in [3.05, 3.63) is 48.5 Å². The van der Waals surface area contributed by atoms with Crippen LogP contribution in [0.5, 0.6) is 11.5 Å². The van der Waals surface area contributed by atoms with Crippen LogP contribution in [0.3, 0.4) is 0 Å². The number of anilines is 2. The quantitative estimate of drug-likeness (QED) is 0.410. The molecule has 0 saturated carbocycles. The fraction of sp³-hybridized carbons (Fsp3) is 0.464. The van der Waals surface area contributed by atoms with Gasteiger partial charge in [-0.05, 0) is 68.4 Å². The zero-order valence-electron chi connectivity index (χ0n) is 21.8. The van der Waals surface area contributed by atoms with Gasteiger partial charge in [0.25, 0.3) is 5.91 Å².